The normalized spacial score (nSPS) is 14.0. The van der Waals surface area contributed by atoms with Crippen LogP contribution in [0.2, 0.25) is 0 Å². The number of nitrogens with zero attached hydrogens (tertiary/aromatic N) is 1. The number of hydrogen-bond acceptors (Lipinski definition) is 8. The topological polar surface area (TPSA) is 111 Å². The lowest BCUT2D eigenvalue weighted by atomic mass is 10.0. The van der Waals surface area contributed by atoms with E-state index < -0.39 is 32.5 Å². The van der Waals surface area contributed by atoms with Crippen LogP contribution in [0.25, 0.3) is 0 Å². The van der Waals surface area contributed by atoms with Crippen molar-refractivity contribution >= 4 is 19.8 Å². The number of carbonyl (C=O) groups excluding carboxylic acids is 2. The molecular weight excluding hydrogens is 870 g/mol. The summed E-state index contributed by atoms with van der Waals surface area (Å²) in [5, 5.41) is 0. The average molecular weight is 972 g/mol. The first kappa shape index (κ1) is 65.2. The van der Waals surface area contributed by atoms with Gasteiger partial charge < -0.3 is 27.9 Å². The number of phosphoric acid groups is 1. The number of ether oxygens (including phenoxy) is 2. The van der Waals surface area contributed by atoms with E-state index in [1.165, 1.54) is 122 Å². The zero-order valence-electron chi connectivity index (χ0n) is 44.3. The molecule has 2 atom stereocenters. The van der Waals surface area contributed by atoms with Gasteiger partial charge in [0.15, 0.2) is 6.10 Å². The van der Waals surface area contributed by atoms with Crippen LogP contribution in [-0.2, 0) is 32.7 Å². The van der Waals surface area contributed by atoms with Crippen molar-refractivity contribution in [1.29, 1.82) is 0 Å². The first-order valence-electron chi connectivity index (χ1n) is 27.3. The summed E-state index contributed by atoms with van der Waals surface area (Å²) in [6.07, 6.45) is 65.0. The number of carbonyl (C=O) groups is 2. The highest BCUT2D eigenvalue weighted by Crippen LogP contribution is 2.38. The number of likely N-dealkylation sites (N-methyl/N-ethyl adjacent to an activating group) is 1. The van der Waals surface area contributed by atoms with Gasteiger partial charge in [-0.25, -0.2) is 0 Å². The summed E-state index contributed by atoms with van der Waals surface area (Å²) in [5.74, 6) is -0.903. The van der Waals surface area contributed by atoms with Gasteiger partial charge in [0.1, 0.15) is 19.8 Å². The fourth-order valence-corrected chi connectivity index (χ4v) is 7.92. The lowest BCUT2D eigenvalue weighted by Crippen LogP contribution is -2.37. The van der Waals surface area contributed by atoms with E-state index in [0.29, 0.717) is 23.9 Å². The van der Waals surface area contributed by atoms with Crippen molar-refractivity contribution in [2.45, 2.75) is 225 Å². The molecule has 0 rings (SSSR count). The molecule has 0 aromatic carbocycles. The minimum Gasteiger partial charge on any atom is -0.756 e. The summed E-state index contributed by atoms with van der Waals surface area (Å²) in [4.78, 5) is 37.7. The third-order valence-electron chi connectivity index (χ3n) is 11.4. The summed E-state index contributed by atoms with van der Waals surface area (Å²) in [6.45, 7) is 4.05. The van der Waals surface area contributed by atoms with Crippen molar-refractivity contribution in [3.05, 3.63) is 85.1 Å². The number of hydrogen-bond donors (Lipinski definition) is 0. The SMILES string of the molecule is CC/C=C\C/C=C\C/C=C\C/C=C\C/C=C\CCCC(=O)OC(COC(=O)CCCCCCCCCCCCCCCCC/C=C\C/C=C\CCCCCCC)COP(=O)([O-])OCC[N+](C)(C)C. The van der Waals surface area contributed by atoms with E-state index in [2.05, 4.69) is 92.8 Å². The van der Waals surface area contributed by atoms with E-state index in [0.717, 1.165) is 57.8 Å². The summed E-state index contributed by atoms with van der Waals surface area (Å²) >= 11 is 0. The number of quaternary nitrogens is 1. The molecule has 0 radical (unpaired) electrons. The Morgan fingerprint density at radius 2 is 0.853 bits per heavy atom. The van der Waals surface area contributed by atoms with Crippen molar-refractivity contribution in [2.75, 3.05) is 47.5 Å². The van der Waals surface area contributed by atoms with Crippen LogP contribution in [0.3, 0.4) is 0 Å². The zero-order chi connectivity index (χ0) is 49.9. The van der Waals surface area contributed by atoms with Crippen LogP contribution in [0.4, 0.5) is 0 Å². The van der Waals surface area contributed by atoms with E-state index in [1.807, 2.05) is 27.2 Å². The number of allylic oxidation sites excluding steroid dienone is 14. The molecule has 0 bridgehead atoms. The molecule has 0 N–H and O–H groups in total. The van der Waals surface area contributed by atoms with Crippen LogP contribution >= 0.6 is 7.82 Å². The van der Waals surface area contributed by atoms with E-state index in [-0.39, 0.29) is 26.1 Å². The molecule has 0 aliphatic rings. The maximum Gasteiger partial charge on any atom is 0.306 e. The lowest BCUT2D eigenvalue weighted by molar-refractivity contribution is -0.870. The molecule has 10 heteroatoms. The van der Waals surface area contributed by atoms with Gasteiger partial charge in [-0.15, -0.1) is 0 Å². The van der Waals surface area contributed by atoms with E-state index in [4.69, 9.17) is 18.5 Å². The molecule has 9 nitrogen and oxygen atoms in total. The van der Waals surface area contributed by atoms with Gasteiger partial charge in [0.2, 0.25) is 0 Å². The molecule has 0 aromatic rings. The van der Waals surface area contributed by atoms with Gasteiger partial charge in [0, 0.05) is 12.8 Å². The Morgan fingerprint density at radius 3 is 1.29 bits per heavy atom. The first-order valence-corrected chi connectivity index (χ1v) is 28.8. The van der Waals surface area contributed by atoms with Gasteiger partial charge >= 0.3 is 11.9 Å². The minimum absolute atomic E-state index is 0.0449. The second-order valence-corrected chi connectivity index (χ2v) is 20.6. The molecule has 392 valence electrons. The maximum absolute atomic E-state index is 12.7. The monoisotopic (exact) mass is 972 g/mol. The van der Waals surface area contributed by atoms with Crippen LogP contribution in [-0.4, -0.2) is 70.0 Å². The molecule has 68 heavy (non-hydrogen) atoms. The standard InChI is InChI=1S/C58H102NO8P/c1-6-8-10-12-14-16-18-20-22-24-25-26-27-28-29-30-31-32-33-35-36-38-40-42-44-46-48-50-57(60)64-54-56(55-66-68(62,63)65-53-52-59(3,4)5)67-58(61)51-49-47-45-43-41-39-37-34-23-21-19-17-15-13-11-9-7-2/h9,11,15,17-18,20-21,23-25,37,39,43,45,56H,6-8,10,12-14,16,19,22,26-36,38,40-42,44,46-55H2,1-5H3/b11-9-,17-15-,20-18-,23-21-,25-24-,39-37-,45-43-. The molecule has 0 heterocycles. The third-order valence-corrected chi connectivity index (χ3v) is 12.4. The van der Waals surface area contributed by atoms with E-state index in [1.54, 1.807) is 0 Å². The van der Waals surface area contributed by atoms with Gasteiger partial charge in [-0.3, -0.25) is 14.2 Å². The summed E-state index contributed by atoms with van der Waals surface area (Å²) in [5.41, 5.74) is 0. The maximum atomic E-state index is 12.7. The Hall–Kier alpha value is -2.81. The molecule has 0 aliphatic heterocycles. The summed E-state index contributed by atoms with van der Waals surface area (Å²) in [6, 6.07) is 0. The summed E-state index contributed by atoms with van der Waals surface area (Å²) < 4.78 is 34.0. The highest BCUT2D eigenvalue weighted by molar-refractivity contribution is 7.45. The van der Waals surface area contributed by atoms with Gasteiger partial charge in [0.25, 0.3) is 7.82 Å². The van der Waals surface area contributed by atoms with Crippen LogP contribution in [0.15, 0.2) is 85.1 Å². The molecule has 0 aliphatic carbocycles. The second kappa shape index (κ2) is 49.2. The number of phosphoric ester groups is 1. The first-order chi connectivity index (χ1) is 33.0. The molecular formula is C58H102NO8P. The summed E-state index contributed by atoms with van der Waals surface area (Å²) in [7, 11) is 1.12. The van der Waals surface area contributed by atoms with Gasteiger partial charge in [-0.2, -0.15) is 0 Å². The smallest absolute Gasteiger partial charge is 0.306 e. The van der Waals surface area contributed by atoms with E-state index >= 15 is 0 Å². The zero-order valence-corrected chi connectivity index (χ0v) is 45.2. The van der Waals surface area contributed by atoms with Gasteiger partial charge in [-0.1, -0.05) is 208 Å². The Balaban J connectivity index is 4.21. The predicted molar refractivity (Wildman–Crippen MR) is 286 cm³/mol. The van der Waals surface area contributed by atoms with Crippen LogP contribution < -0.4 is 4.89 Å². The molecule has 0 aromatic heterocycles. The average Bonchev–Trinajstić information content (AvgIpc) is 3.30. The molecule has 0 fully saturated rings. The van der Waals surface area contributed by atoms with Crippen molar-refractivity contribution in [3.63, 3.8) is 0 Å². The highest BCUT2D eigenvalue weighted by Gasteiger charge is 2.21. The Morgan fingerprint density at radius 1 is 0.471 bits per heavy atom. The van der Waals surface area contributed by atoms with E-state index in [9.17, 15) is 19.0 Å². The van der Waals surface area contributed by atoms with Gasteiger partial charge in [0.05, 0.1) is 27.7 Å². The largest absolute Gasteiger partial charge is 0.756 e. The number of esters is 2. The van der Waals surface area contributed by atoms with Crippen molar-refractivity contribution in [1.82, 2.24) is 0 Å². The van der Waals surface area contributed by atoms with Crippen molar-refractivity contribution in [3.8, 4) is 0 Å². The lowest BCUT2D eigenvalue weighted by Gasteiger charge is -2.28. The van der Waals surface area contributed by atoms with Crippen LogP contribution in [0.1, 0.15) is 219 Å². The Kier molecular flexibility index (Phi) is 47.2. The van der Waals surface area contributed by atoms with Crippen molar-refractivity contribution < 1.29 is 42.1 Å². The minimum atomic E-state index is -4.65. The van der Waals surface area contributed by atoms with Crippen LogP contribution in [0, 0.1) is 0 Å². The Bertz CT molecular complexity index is 1420. The molecule has 2 unspecified atom stereocenters. The molecule has 0 saturated heterocycles. The fraction of sp³-hybridized carbons (Fsp3) is 0.724. The van der Waals surface area contributed by atoms with Crippen LogP contribution in [0.5, 0.6) is 0 Å². The number of rotatable bonds is 49. The van der Waals surface area contributed by atoms with Gasteiger partial charge in [-0.05, 0) is 83.5 Å². The molecule has 0 spiro atoms. The fourth-order valence-electron chi connectivity index (χ4n) is 7.19. The quantitative estimate of drug-likeness (QED) is 0.0195. The number of unbranched alkanes of at least 4 members (excludes halogenated alkanes) is 21. The Labute approximate surface area is 418 Å². The predicted octanol–water partition coefficient (Wildman–Crippen LogP) is 16.1. The van der Waals surface area contributed by atoms with Crippen molar-refractivity contribution in [2.24, 2.45) is 0 Å². The molecule has 0 amide bonds. The molecule has 0 saturated carbocycles. The third kappa shape index (κ3) is 52.6. The second-order valence-electron chi connectivity index (χ2n) is 19.2. The highest BCUT2D eigenvalue weighted by atomic mass is 31.2.